The van der Waals surface area contributed by atoms with Gasteiger partial charge in [-0.2, -0.15) is 0 Å². The lowest BCUT2D eigenvalue weighted by Crippen LogP contribution is -2.52. The van der Waals surface area contributed by atoms with E-state index in [1.54, 1.807) is 30.3 Å². The number of benzene rings is 2. The van der Waals surface area contributed by atoms with Crippen LogP contribution < -0.4 is 4.90 Å². The molecule has 5 rings (SSSR count). The number of halogens is 2. The smallest absolute Gasteiger partial charge is 0.253 e. The van der Waals surface area contributed by atoms with E-state index < -0.39 is 0 Å². The number of amides is 1. The molecule has 2 fully saturated rings. The number of anilines is 1. The highest BCUT2D eigenvalue weighted by Crippen LogP contribution is 2.28. The third-order valence-corrected chi connectivity index (χ3v) is 6.50. The molecule has 160 valence electrons. The topological polar surface area (TPSA) is 52.6 Å². The van der Waals surface area contributed by atoms with E-state index in [9.17, 15) is 9.18 Å². The summed E-state index contributed by atoms with van der Waals surface area (Å²) in [5.41, 5.74) is 1.31. The van der Waals surface area contributed by atoms with E-state index in [1.807, 2.05) is 4.90 Å². The monoisotopic (exact) mass is 439 g/mol. The summed E-state index contributed by atoms with van der Waals surface area (Å²) in [6.45, 7) is 4.91. The van der Waals surface area contributed by atoms with Crippen LogP contribution in [0.3, 0.4) is 0 Å². The number of piperazine rings is 1. The standard InChI is InChI=1S/C23H23ClFN5O/c24-17-3-1-16(2-4-17)23(31)29-11-9-28(10-12-29)19-7-8-30(14-19)22-20-6-5-18(25)13-21(20)26-15-27-22/h1-6,13,15,19H,7-12,14H2/t19-/m0/s1. The van der Waals surface area contributed by atoms with E-state index in [2.05, 4.69) is 19.8 Å². The number of aromatic nitrogens is 2. The van der Waals surface area contributed by atoms with Crippen molar-refractivity contribution in [1.82, 2.24) is 19.8 Å². The van der Waals surface area contributed by atoms with Gasteiger partial charge < -0.3 is 9.80 Å². The van der Waals surface area contributed by atoms with Crippen LogP contribution in [-0.2, 0) is 0 Å². The summed E-state index contributed by atoms with van der Waals surface area (Å²) in [5.74, 6) is 0.635. The van der Waals surface area contributed by atoms with E-state index in [-0.39, 0.29) is 11.7 Å². The van der Waals surface area contributed by atoms with E-state index in [0.29, 0.717) is 35.2 Å². The normalized spacial score (nSPS) is 19.9. The Morgan fingerprint density at radius 3 is 2.55 bits per heavy atom. The number of carbonyl (C=O) groups is 1. The Bertz CT molecular complexity index is 1100. The second kappa shape index (κ2) is 8.40. The van der Waals surface area contributed by atoms with Crippen molar-refractivity contribution in [3.63, 3.8) is 0 Å². The molecule has 2 aromatic carbocycles. The molecule has 0 aliphatic carbocycles. The zero-order chi connectivity index (χ0) is 21.4. The second-order valence-electron chi connectivity index (χ2n) is 8.08. The fourth-order valence-corrected chi connectivity index (χ4v) is 4.69. The van der Waals surface area contributed by atoms with E-state index in [0.717, 1.165) is 43.8 Å². The first-order valence-electron chi connectivity index (χ1n) is 10.5. The lowest BCUT2D eigenvalue weighted by atomic mass is 10.1. The van der Waals surface area contributed by atoms with Gasteiger partial charge >= 0.3 is 0 Å². The number of fused-ring (bicyclic) bond motifs is 1. The Morgan fingerprint density at radius 2 is 1.77 bits per heavy atom. The molecule has 2 saturated heterocycles. The fourth-order valence-electron chi connectivity index (χ4n) is 4.57. The molecule has 0 N–H and O–H groups in total. The highest BCUT2D eigenvalue weighted by Gasteiger charge is 2.32. The molecule has 0 spiro atoms. The van der Waals surface area contributed by atoms with Crippen molar-refractivity contribution >= 4 is 34.2 Å². The van der Waals surface area contributed by atoms with Crippen LogP contribution in [-0.4, -0.2) is 71.0 Å². The second-order valence-corrected chi connectivity index (χ2v) is 8.52. The van der Waals surface area contributed by atoms with Gasteiger partial charge in [-0.3, -0.25) is 9.69 Å². The summed E-state index contributed by atoms with van der Waals surface area (Å²) in [6, 6.07) is 12.2. The molecule has 8 heteroatoms. The SMILES string of the molecule is O=C(c1ccc(Cl)cc1)N1CCN([C@H]2CCN(c3ncnc4cc(F)ccc34)C2)CC1. The molecule has 6 nitrogen and oxygen atoms in total. The Labute approximate surface area is 185 Å². The summed E-state index contributed by atoms with van der Waals surface area (Å²) < 4.78 is 13.6. The molecule has 3 aromatic rings. The molecule has 1 aromatic heterocycles. The van der Waals surface area contributed by atoms with E-state index in [4.69, 9.17) is 11.6 Å². The van der Waals surface area contributed by atoms with Crippen LogP contribution in [0.25, 0.3) is 10.9 Å². The van der Waals surface area contributed by atoms with Crippen molar-refractivity contribution < 1.29 is 9.18 Å². The number of hydrogen-bond acceptors (Lipinski definition) is 5. The molecule has 1 atom stereocenters. The number of hydrogen-bond donors (Lipinski definition) is 0. The summed E-state index contributed by atoms with van der Waals surface area (Å²) >= 11 is 5.93. The molecule has 1 amide bonds. The Balaban J connectivity index is 1.22. The molecular formula is C23H23ClFN5O. The van der Waals surface area contributed by atoms with Crippen LogP contribution in [0.1, 0.15) is 16.8 Å². The molecule has 0 bridgehead atoms. The van der Waals surface area contributed by atoms with Gasteiger partial charge in [-0.05, 0) is 42.8 Å². The Hall–Kier alpha value is -2.77. The zero-order valence-electron chi connectivity index (χ0n) is 17.0. The van der Waals surface area contributed by atoms with Crippen molar-refractivity contribution in [2.75, 3.05) is 44.2 Å². The summed E-state index contributed by atoms with van der Waals surface area (Å²) in [4.78, 5) is 28.1. The number of nitrogens with zero attached hydrogens (tertiary/aromatic N) is 5. The van der Waals surface area contributed by atoms with Crippen molar-refractivity contribution in [1.29, 1.82) is 0 Å². The average molecular weight is 440 g/mol. The van der Waals surface area contributed by atoms with Crippen LogP contribution in [0, 0.1) is 5.82 Å². The first-order valence-corrected chi connectivity index (χ1v) is 10.9. The van der Waals surface area contributed by atoms with Gasteiger partial charge in [-0.15, -0.1) is 0 Å². The Kier molecular flexibility index (Phi) is 5.46. The van der Waals surface area contributed by atoms with Crippen LogP contribution in [0.2, 0.25) is 5.02 Å². The van der Waals surface area contributed by atoms with Gasteiger partial charge in [0.1, 0.15) is 18.0 Å². The predicted octanol–water partition coefficient (Wildman–Crippen LogP) is 3.46. The van der Waals surface area contributed by atoms with Crippen molar-refractivity contribution in [2.45, 2.75) is 12.5 Å². The van der Waals surface area contributed by atoms with Crippen LogP contribution in [0.4, 0.5) is 10.2 Å². The maximum Gasteiger partial charge on any atom is 0.253 e. The van der Waals surface area contributed by atoms with Gasteiger partial charge in [-0.25, -0.2) is 14.4 Å². The molecule has 0 unspecified atom stereocenters. The van der Waals surface area contributed by atoms with Gasteiger partial charge in [0.25, 0.3) is 5.91 Å². The minimum absolute atomic E-state index is 0.0593. The molecule has 0 radical (unpaired) electrons. The fraction of sp³-hybridized carbons (Fsp3) is 0.348. The summed E-state index contributed by atoms with van der Waals surface area (Å²) in [7, 11) is 0. The highest BCUT2D eigenvalue weighted by atomic mass is 35.5. The quantitative estimate of drug-likeness (QED) is 0.625. The minimum atomic E-state index is -0.289. The van der Waals surface area contributed by atoms with Crippen LogP contribution >= 0.6 is 11.6 Å². The minimum Gasteiger partial charge on any atom is -0.354 e. The summed E-state index contributed by atoms with van der Waals surface area (Å²) in [5, 5.41) is 1.51. The lowest BCUT2D eigenvalue weighted by molar-refractivity contribution is 0.0585. The molecule has 31 heavy (non-hydrogen) atoms. The Morgan fingerprint density at radius 1 is 1.00 bits per heavy atom. The number of rotatable bonds is 3. The first-order chi connectivity index (χ1) is 15.1. The van der Waals surface area contributed by atoms with Crippen LogP contribution in [0.15, 0.2) is 48.8 Å². The lowest BCUT2D eigenvalue weighted by Gasteiger charge is -2.38. The van der Waals surface area contributed by atoms with Gasteiger partial charge in [0, 0.05) is 67.3 Å². The number of carbonyl (C=O) groups excluding carboxylic acids is 1. The van der Waals surface area contributed by atoms with E-state index >= 15 is 0 Å². The molecule has 2 aliphatic heterocycles. The third kappa shape index (κ3) is 4.07. The molecular weight excluding hydrogens is 417 g/mol. The third-order valence-electron chi connectivity index (χ3n) is 6.25. The maximum absolute atomic E-state index is 13.6. The van der Waals surface area contributed by atoms with Crippen molar-refractivity contribution in [3.8, 4) is 0 Å². The highest BCUT2D eigenvalue weighted by molar-refractivity contribution is 6.30. The van der Waals surface area contributed by atoms with Crippen molar-refractivity contribution in [2.24, 2.45) is 0 Å². The van der Waals surface area contributed by atoms with Crippen LogP contribution in [0.5, 0.6) is 0 Å². The zero-order valence-corrected chi connectivity index (χ0v) is 17.8. The largest absolute Gasteiger partial charge is 0.354 e. The summed E-state index contributed by atoms with van der Waals surface area (Å²) in [6.07, 6.45) is 2.55. The molecule has 2 aliphatic rings. The molecule has 3 heterocycles. The van der Waals surface area contributed by atoms with Gasteiger partial charge in [0.05, 0.1) is 5.52 Å². The molecule has 0 saturated carbocycles. The van der Waals surface area contributed by atoms with Gasteiger partial charge in [0.15, 0.2) is 0 Å². The van der Waals surface area contributed by atoms with Gasteiger partial charge in [-0.1, -0.05) is 11.6 Å². The van der Waals surface area contributed by atoms with E-state index in [1.165, 1.54) is 18.5 Å². The van der Waals surface area contributed by atoms with Gasteiger partial charge in [0.2, 0.25) is 0 Å². The maximum atomic E-state index is 13.6. The average Bonchev–Trinajstić information content (AvgIpc) is 3.29. The predicted molar refractivity (Wildman–Crippen MR) is 119 cm³/mol. The van der Waals surface area contributed by atoms with Crippen molar-refractivity contribution in [3.05, 3.63) is 65.2 Å². The first kappa shape index (κ1) is 20.2.